The molecule has 10 nitrogen and oxygen atoms in total. The van der Waals surface area contributed by atoms with Crippen molar-refractivity contribution in [2.75, 3.05) is 20.7 Å². The van der Waals surface area contributed by atoms with Crippen LogP contribution in [0.1, 0.15) is 6.23 Å². The molecule has 0 spiro atoms. The molecule has 116 valence electrons. The van der Waals surface area contributed by atoms with Crippen molar-refractivity contribution in [3.05, 3.63) is 22.7 Å². The van der Waals surface area contributed by atoms with Gasteiger partial charge in [-0.2, -0.15) is 4.98 Å². The SMILES string of the molecule is CN(C)N=Nc1ccn([C@@H]2O[C@H](CO)C(O)C2O)c(=O)n1. The molecule has 4 atom stereocenters. The maximum absolute atomic E-state index is 11.9. The number of aliphatic hydroxyl groups is 3. The summed E-state index contributed by atoms with van der Waals surface area (Å²) in [7, 11) is 3.34. The summed E-state index contributed by atoms with van der Waals surface area (Å²) >= 11 is 0. The van der Waals surface area contributed by atoms with Gasteiger partial charge in [-0.3, -0.25) is 9.58 Å². The van der Waals surface area contributed by atoms with E-state index in [9.17, 15) is 15.0 Å². The molecule has 2 rings (SSSR count). The van der Waals surface area contributed by atoms with Crippen molar-refractivity contribution in [1.82, 2.24) is 14.6 Å². The van der Waals surface area contributed by atoms with Crippen molar-refractivity contribution < 1.29 is 20.1 Å². The lowest BCUT2D eigenvalue weighted by Gasteiger charge is -2.16. The van der Waals surface area contributed by atoms with Crippen LogP contribution in [0.15, 0.2) is 27.4 Å². The summed E-state index contributed by atoms with van der Waals surface area (Å²) in [4.78, 5) is 15.6. The molecule has 1 aliphatic rings. The van der Waals surface area contributed by atoms with Crippen LogP contribution >= 0.6 is 0 Å². The highest BCUT2D eigenvalue weighted by Crippen LogP contribution is 2.28. The fourth-order valence-corrected chi connectivity index (χ4v) is 1.90. The average Bonchev–Trinajstić information content (AvgIpc) is 2.73. The van der Waals surface area contributed by atoms with Crippen LogP contribution in [-0.4, -0.2) is 68.9 Å². The van der Waals surface area contributed by atoms with Crippen LogP contribution in [0.2, 0.25) is 0 Å². The summed E-state index contributed by atoms with van der Waals surface area (Å²) in [5, 5.41) is 37.4. The third-order valence-corrected chi connectivity index (χ3v) is 2.93. The van der Waals surface area contributed by atoms with Gasteiger partial charge in [-0.15, -0.1) is 5.11 Å². The molecule has 2 heterocycles. The minimum absolute atomic E-state index is 0.108. The zero-order valence-corrected chi connectivity index (χ0v) is 11.6. The highest BCUT2D eigenvalue weighted by Gasteiger charge is 2.43. The standard InChI is InChI=1S/C11H17N5O5/c1-15(2)14-13-7-3-4-16(11(20)12-7)10-9(19)8(18)6(5-17)21-10/h3-4,6,8-10,17-19H,5H2,1-2H3/t6-,8?,9?,10-/m1/s1. The quantitative estimate of drug-likeness (QED) is 0.451. The Morgan fingerprint density at radius 2 is 2.14 bits per heavy atom. The second-order valence-electron chi connectivity index (χ2n) is 4.74. The Kier molecular flexibility index (Phi) is 4.63. The molecule has 0 aromatic carbocycles. The molecule has 21 heavy (non-hydrogen) atoms. The third-order valence-electron chi connectivity index (χ3n) is 2.93. The van der Waals surface area contributed by atoms with Crippen LogP contribution in [0, 0.1) is 0 Å². The van der Waals surface area contributed by atoms with Crippen LogP contribution in [0.5, 0.6) is 0 Å². The van der Waals surface area contributed by atoms with E-state index in [4.69, 9.17) is 9.84 Å². The lowest BCUT2D eigenvalue weighted by molar-refractivity contribution is -0.0549. The molecule has 10 heteroatoms. The molecule has 2 unspecified atom stereocenters. The molecule has 1 saturated heterocycles. The number of aromatic nitrogens is 2. The van der Waals surface area contributed by atoms with Gasteiger partial charge in [0.05, 0.1) is 6.61 Å². The first-order valence-corrected chi connectivity index (χ1v) is 6.24. The summed E-state index contributed by atoms with van der Waals surface area (Å²) in [5.41, 5.74) is -0.708. The molecule has 0 radical (unpaired) electrons. The summed E-state index contributed by atoms with van der Waals surface area (Å²) < 4.78 is 6.28. The van der Waals surface area contributed by atoms with E-state index in [1.807, 2.05) is 0 Å². The smallest absolute Gasteiger partial charge is 0.351 e. The first-order valence-electron chi connectivity index (χ1n) is 6.24. The van der Waals surface area contributed by atoms with Crippen molar-refractivity contribution >= 4 is 5.82 Å². The highest BCUT2D eigenvalue weighted by molar-refractivity contribution is 5.22. The van der Waals surface area contributed by atoms with Crippen LogP contribution in [0.25, 0.3) is 0 Å². The van der Waals surface area contributed by atoms with E-state index in [2.05, 4.69) is 15.3 Å². The van der Waals surface area contributed by atoms with Gasteiger partial charge < -0.3 is 20.1 Å². The first kappa shape index (κ1) is 15.5. The molecule has 3 N–H and O–H groups in total. The van der Waals surface area contributed by atoms with Gasteiger partial charge in [0.25, 0.3) is 0 Å². The van der Waals surface area contributed by atoms with Gasteiger partial charge in [0.15, 0.2) is 12.0 Å². The summed E-state index contributed by atoms with van der Waals surface area (Å²) in [5.74, 6) is 0.108. The Bertz CT molecular complexity index is 574. The van der Waals surface area contributed by atoms with E-state index in [1.165, 1.54) is 17.3 Å². The predicted octanol–water partition coefficient (Wildman–Crippen LogP) is -1.58. The van der Waals surface area contributed by atoms with Gasteiger partial charge >= 0.3 is 5.69 Å². The van der Waals surface area contributed by atoms with Crippen molar-refractivity contribution in [2.45, 2.75) is 24.5 Å². The minimum Gasteiger partial charge on any atom is -0.394 e. The lowest BCUT2D eigenvalue weighted by Crippen LogP contribution is -2.35. The monoisotopic (exact) mass is 299 g/mol. The van der Waals surface area contributed by atoms with Gasteiger partial charge in [-0.05, 0) is 0 Å². The Hall–Kier alpha value is -1.88. The van der Waals surface area contributed by atoms with Gasteiger partial charge in [0.1, 0.15) is 18.3 Å². The maximum atomic E-state index is 11.9. The second-order valence-corrected chi connectivity index (χ2v) is 4.74. The topological polar surface area (TPSA) is 133 Å². The Morgan fingerprint density at radius 1 is 1.43 bits per heavy atom. The Labute approximate surface area is 119 Å². The average molecular weight is 299 g/mol. The largest absolute Gasteiger partial charge is 0.394 e. The van der Waals surface area contributed by atoms with Gasteiger partial charge in [0.2, 0.25) is 0 Å². The second kappa shape index (κ2) is 6.26. The number of aliphatic hydroxyl groups excluding tert-OH is 3. The van der Waals surface area contributed by atoms with Gasteiger partial charge in [0, 0.05) is 26.4 Å². The van der Waals surface area contributed by atoms with Crippen LogP contribution in [-0.2, 0) is 4.74 Å². The number of ether oxygens (including phenoxy) is 1. The summed E-state index contributed by atoms with van der Waals surface area (Å²) in [6, 6.07) is 1.42. The molecule has 1 fully saturated rings. The highest BCUT2D eigenvalue weighted by atomic mass is 16.6. The van der Waals surface area contributed by atoms with Crippen LogP contribution in [0.3, 0.4) is 0 Å². The van der Waals surface area contributed by atoms with Crippen molar-refractivity contribution in [3.8, 4) is 0 Å². The van der Waals surface area contributed by atoms with Crippen LogP contribution in [0.4, 0.5) is 5.82 Å². The molecule has 0 bridgehead atoms. The Balaban J connectivity index is 2.24. The fraction of sp³-hybridized carbons (Fsp3) is 0.636. The Morgan fingerprint density at radius 3 is 2.67 bits per heavy atom. The minimum atomic E-state index is -1.34. The van der Waals surface area contributed by atoms with E-state index < -0.39 is 36.8 Å². The number of hydrogen-bond acceptors (Lipinski definition) is 8. The fourth-order valence-electron chi connectivity index (χ4n) is 1.90. The molecule has 0 saturated carbocycles. The molecule has 1 aromatic heterocycles. The zero-order valence-electron chi connectivity index (χ0n) is 11.6. The van der Waals surface area contributed by atoms with Crippen molar-refractivity contribution in [3.63, 3.8) is 0 Å². The van der Waals surface area contributed by atoms with E-state index in [0.717, 1.165) is 4.57 Å². The molecule has 0 amide bonds. The van der Waals surface area contributed by atoms with Gasteiger partial charge in [-0.25, -0.2) is 4.79 Å². The normalized spacial score (nSPS) is 29.2. The molecular weight excluding hydrogens is 282 g/mol. The van der Waals surface area contributed by atoms with E-state index in [1.54, 1.807) is 14.1 Å². The maximum Gasteiger partial charge on any atom is 0.351 e. The van der Waals surface area contributed by atoms with Crippen molar-refractivity contribution in [1.29, 1.82) is 0 Å². The molecule has 0 aliphatic carbocycles. The van der Waals surface area contributed by atoms with Crippen LogP contribution < -0.4 is 5.69 Å². The summed E-state index contributed by atoms with van der Waals surface area (Å²) in [6.07, 6.45) is -3.35. The zero-order chi connectivity index (χ0) is 15.6. The van der Waals surface area contributed by atoms with E-state index in [-0.39, 0.29) is 5.82 Å². The number of rotatable bonds is 4. The molecular formula is C11H17N5O5. The van der Waals surface area contributed by atoms with E-state index >= 15 is 0 Å². The number of hydrogen-bond donors (Lipinski definition) is 3. The van der Waals surface area contributed by atoms with Crippen molar-refractivity contribution in [2.24, 2.45) is 10.3 Å². The first-order chi connectivity index (χ1) is 9.93. The summed E-state index contributed by atoms with van der Waals surface area (Å²) in [6.45, 7) is -0.466. The predicted molar refractivity (Wildman–Crippen MR) is 69.7 cm³/mol. The van der Waals surface area contributed by atoms with Gasteiger partial charge in [-0.1, -0.05) is 5.22 Å². The molecule has 1 aliphatic heterocycles. The third kappa shape index (κ3) is 3.24. The number of nitrogens with zero attached hydrogens (tertiary/aromatic N) is 5. The lowest BCUT2D eigenvalue weighted by atomic mass is 10.1. The molecule has 1 aromatic rings. The van der Waals surface area contributed by atoms with E-state index in [0.29, 0.717) is 0 Å².